The molecule has 0 aliphatic heterocycles. The minimum absolute atomic E-state index is 0.0459. The Balaban J connectivity index is 2.18. The molecule has 2 aromatic rings. The van der Waals surface area contributed by atoms with Crippen LogP contribution in [0.5, 0.6) is 0 Å². The van der Waals surface area contributed by atoms with Gasteiger partial charge in [0, 0.05) is 0 Å². The molecule has 2 heteroatoms. The quantitative estimate of drug-likeness (QED) is 0.886. The Labute approximate surface area is 113 Å². The third-order valence-electron chi connectivity index (χ3n) is 3.35. The summed E-state index contributed by atoms with van der Waals surface area (Å²) in [5.41, 5.74) is 4.66. The van der Waals surface area contributed by atoms with E-state index < -0.39 is 5.97 Å². The van der Waals surface area contributed by atoms with E-state index >= 15 is 0 Å². The largest absolute Gasteiger partial charge is 0.481 e. The average molecular weight is 254 g/mol. The monoisotopic (exact) mass is 254 g/mol. The molecule has 0 spiro atoms. The van der Waals surface area contributed by atoms with Crippen LogP contribution < -0.4 is 0 Å². The molecule has 0 fully saturated rings. The van der Waals surface area contributed by atoms with E-state index in [9.17, 15) is 4.79 Å². The molecule has 98 valence electrons. The molecule has 0 heterocycles. The highest BCUT2D eigenvalue weighted by Gasteiger charge is 2.09. The van der Waals surface area contributed by atoms with Crippen LogP contribution in [0.25, 0.3) is 11.1 Å². The second-order valence-electron chi connectivity index (χ2n) is 4.99. The lowest BCUT2D eigenvalue weighted by atomic mass is 9.95. The summed E-state index contributed by atoms with van der Waals surface area (Å²) in [4.78, 5) is 10.7. The lowest BCUT2D eigenvalue weighted by Crippen LogP contribution is -2.02. The first-order chi connectivity index (χ1) is 9.06. The zero-order chi connectivity index (χ0) is 13.8. The highest BCUT2D eigenvalue weighted by atomic mass is 16.4. The molecule has 1 unspecified atom stereocenters. The third-order valence-corrected chi connectivity index (χ3v) is 3.35. The predicted octanol–water partition coefficient (Wildman–Crippen LogP) is 4.24. The van der Waals surface area contributed by atoms with Gasteiger partial charge in [-0.25, -0.2) is 0 Å². The number of benzene rings is 2. The average Bonchev–Trinajstić information content (AvgIpc) is 2.39. The van der Waals surface area contributed by atoms with Gasteiger partial charge in [-0.3, -0.25) is 4.79 Å². The predicted molar refractivity (Wildman–Crippen MR) is 77.3 cm³/mol. The summed E-state index contributed by atoms with van der Waals surface area (Å²) in [6, 6.07) is 16.5. The Morgan fingerprint density at radius 1 is 1.00 bits per heavy atom. The van der Waals surface area contributed by atoms with Crippen LogP contribution in [-0.2, 0) is 4.79 Å². The van der Waals surface area contributed by atoms with Crippen molar-refractivity contribution in [3.05, 3.63) is 59.7 Å². The first-order valence-electron chi connectivity index (χ1n) is 6.45. The Hall–Kier alpha value is -2.09. The number of aliphatic carboxylic acids is 1. The van der Waals surface area contributed by atoms with Crippen LogP contribution in [0, 0.1) is 6.92 Å². The Bertz CT molecular complexity index is 553. The molecule has 0 aliphatic carbocycles. The number of aryl methyl sites for hydroxylation is 1. The third kappa shape index (κ3) is 3.44. The SMILES string of the molecule is Cc1ccc(-c2ccc(C(C)CC(=O)O)cc2)cc1. The molecule has 0 saturated carbocycles. The summed E-state index contributed by atoms with van der Waals surface area (Å²) in [5.74, 6) is -0.709. The summed E-state index contributed by atoms with van der Waals surface area (Å²) in [5, 5.41) is 8.80. The van der Waals surface area contributed by atoms with E-state index in [-0.39, 0.29) is 12.3 Å². The van der Waals surface area contributed by atoms with Crippen molar-refractivity contribution in [3.8, 4) is 11.1 Å². The lowest BCUT2D eigenvalue weighted by Gasteiger charge is -2.10. The van der Waals surface area contributed by atoms with Gasteiger partial charge < -0.3 is 5.11 Å². The van der Waals surface area contributed by atoms with E-state index in [0.717, 1.165) is 11.1 Å². The van der Waals surface area contributed by atoms with Gasteiger partial charge in [0.15, 0.2) is 0 Å². The zero-order valence-electron chi connectivity index (χ0n) is 11.3. The molecule has 0 radical (unpaired) electrons. The molecule has 0 aromatic heterocycles. The minimum Gasteiger partial charge on any atom is -0.481 e. The van der Waals surface area contributed by atoms with Gasteiger partial charge in [0.25, 0.3) is 0 Å². The fraction of sp³-hybridized carbons (Fsp3) is 0.235. The molecule has 0 aliphatic rings. The number of carbonyl (C=O) groups is 1. The van der Waals surface area contributed by atoms with Crippen LogP contribution in [0.4, 0.5) is 0 Å². The first-order valence-corrected chi connectivity index (χ1v) is 6.45. The Kier molecular flexibility index (Phi) is 4.00. The van der Waals surface area contributed by atoms with E-state index in [2.05, 4.69) is 43.3 Å². The highest BCUT2D eigenvalue weighted by molar-refractivity contribution is 5.68. The number of hydrogen-bond donors (Lipinski definition) is 1. The van der Waals surface area contributed by atoms with E-state index in [1.165, 1.54) is 11.1 Å². The normalized spacial score (nSPS) is 12.1. The van der Waals surface area contributed by atoms with Gasteiger partial charge in [-0.1, -0.05) is 61.0 Å². The van der Waals surface area contributed by atoms with Gasteiger partial charge in [0.05, 0.1) is 6.42 Å². The van der Waals surface area contributed by atoms with Gasteiger partial charge in [0.2, 0.25) is 0 Å². The van der Waals surface area contributed by atoms with E-state index in [4.69, 9.17) is 5.11 Å². The molecule has 2 nitrogen and oxygen atoms in total. The molecule has 1 atom stereocenters. The maximum absolute atomic E-state index is 10.7. The van der Waals surface area contributed by atoms with Crippen LogP contribution in [0.2, 0.25) is 0 Å². The van der Waals surface area contributed by atoms with Crippen molar-refractivity contribution in [2.45, 2.75) is 26.2 Å². The van der Waals surface area contributed by atoms with Crippen LogP contribution in [0.3, 0.4) is 0 Å². The van der Waals surface area contributed by atoms with Crippen LogP contribution in [0.1, 0.15) is 30.4 Å². The topological polar surface area (TPSA) is 37.3 Å². The van der Waals surface area contributed by atoms with Crippen molar-refractivity contribution in [2.75, 3.05) is 0 Å². The van der Waals surface area contributed by atoms with E-state index in [1.54, 1.807) is 0 Å². The summed E-state index contributed by atoms with van der Waals surface area (Å²) >= 11 is 0. The van der Waals surface area contributed by atoms with Gasteiger partial charge >= 0.3 is 5.97 Å². The molecule has 0 amide bonds. The van der Waals surface area contributed by atoms with Crippen molar-refractivity contribution in [1.29, 1.82) is 0 Å². The van der Waals surface area contributed by atoms with Crippen molar-refractivity contribution in [3.63, 3.8) is 0 Å². The summed E-state index contributed by atoms with van der Waals surface area (Å²) in [7, 11) is 0. The molecule has 0 bridgehead atoms. The van der Waals surface area contributed by atoms with Gasteiger partial charge in [-0.15, -0.1) is 0 Å². The summed E-state index contributed by atoms with van der Waals surface area (Å²) in [6.45, 7) is 4.01. The van der Waals surface area contributed by atoms with Gasteiger partial charge in [0.1, 0.15) is 0 Å². The standard InChI is InChI=1S/C17H18O2/c1-12-3-5-15(6-4-12)16-9-7-14(8-10-16)13(2)11-17(18)19/h3-10,13H,11H2,1-2H3,(H,18,19). The number of carboxylic acids is 1. The van der Waals surface area contributed by atoms with Gasteiger partial charge in [-0.05, 0) is 29.5 Å². The molecule has 1 N–H and O–H groups in total. The maximum atomic E-state index is 10.7. The zero-order valence-corrected chi connectivity index (χ0v) is 11.3. The van der Waals surface area contributed by atoms with Crippen molar-refractivity contribution >= 4 is 5.97 Å². The van der Waals surface area contributed by atoms with Crippen molar-refractivity contribution in [2.24, 2.45) is 0 Å². The second kappa shape index (κ2) is 5.70. The minimum atomic E-state index is -0.755. The number of rotatable bonds is 4. The second-order valence-corrected chi connectivity index (χ2v) is 4.99. The lowest BCUT2D eigenvalue weighted by molar-refractivity contribution is -0.137. The van der Waals surface area contributed by atoms with E-state index in [0.29, 0.717) is 0 Å². The highest BCUT2D eigenvalue weighted by Crippen LogP contribution is 2.24. The Morgan fingerprint density at radius 2 is 1.47 bits per heavy atom. The van der Waals surface area contributed by atoms with Gasteiger partial charge in [-0.2, -0.15) is 0 Å². The molecular weight excluding hydrogens is 236 g/mol. The Morgan fingerprint density at radius 3 is 1.95 bits per heavy atom. The maximum Gasteiger partial charge on any atom is 0.303 e. The molecule has 2 aromatic carbocycles. The smallest absolute Gasteiger partial charge is 0.303 e. The molecule has 2 rings (SSSR count). The molecular formula is C17H18O2. The fourth-order valence-corrected chi connectivity index (χ4v) is 2.13. The number of hydrogen-bond acceptors (Lipinski definition) is 1. The molecule has 0 saturated heterocycles. The van der Waals surface area contributed by atoms with E-state index in [1.807, 2.05) is 19.1 Å². The van der Waals surface area contributed by atoms with Crippen molar-refractivity contribution in [1.82, 2.24) is 0 Å². The number of carboxylic acid groups (broad SMARTS) is 1. The van der Waals surface area contributed by atoms with Crippen LogP contribution in [0.15, 0.2) is 48.5 Å². The van der Waals surface area contributed by atoms with Crippen molar-refractivity contribution < 1.29 is 9.90 Å². The summed E-state index contributed by atoms with van der Waals surface area (Å²) in [6.07, 6.45) is 0.171. The molecule has 19 heavy (non-hydrogen) atoms. The van der Waals surface area contributed by atoms with Crippen LogP contribution in [-0.4, -0.2) is 11.1 Å². The first kappa shape index (κ1) is 13.3. The summed E-state index contributed by atoms with van der Waals surface area (Å²) < 4.78 is 0. The van der Waals surface area contributed by atoms with Crippen LogP contribution >= 0.6 is 0 Å². The fourth-order valence-electron chi connectivity index (χ4n) is 2.13.